The Balaban J connectivity index is 3.09. The summed E-state index contributed by atoms with van der Waals surface area (Å²) in [6.45, 7) is 7.01. The molecule has 0 N–H and O–H groups in total. The summed E-state index contributed by atoms with van der Waals surface area (Å²) in [5, 5.41) is 0. The van der Waals surface area contributed by atoms with E-state index >= 15 is 0 Å². The van der Waals surface area contributed by atoms with Crippen LogP contribution in [0.2, 0.25) is 13.3 Å². The normalized spacial score (nSPS) is 11.6. The summed E-state index contributed by atoms with van der Waals surface area (Å²) >= 11 is -2.24. The Kier molecular flexibility index (Phi) is 9.46. The van der Waals surface area contributed by atoms with Gasteiger partial charge in [0.2, 0.25) is 0 Å². The number of ether oxygens (including phenoxy) is 1. The minimum atomic E-state index is -2.24. The predicted octanol–water partition coefficient (Wildman–Crippen LogP) is 5.75. The van der Waals surface area contributed by atoms with Gasteiger partial charge < -0.3 is 0 Å². The number of unbranched alkanes of at least 4 members (excludes halogenated alkanes) is 3. The molecule has 0 aromatic heterocycles. The van der Waals surface area contributed by atoms with E-state index in [0.717, 1.165) is 5.75 Å². The van der Waals surface area contributed by atoms with E-state index in [1.54, 1.807) is 10.7 Å². The van der Waals surface area contributed by atoms with Crippen LogP contribution in [0.15, 0.2) is 24.3 Å². The zero-order valence-corrected chi connectivity index (χ0v) is 17.4. The van der Waals surface area contributed by atoms with Crippen molar-refractivity contribution in [2.75, 3.05) is 7.11 Å². The number of benzene rings is 1. The number of methoxy groups -OCH3 is 1. The Hall–Kier alpha value is -0.181. The Morgan fingerprint density at radius 1 is 0.857 bits per heavy atom. The molecule has 0 saturated carbocycles. The standard InChI is InChI=1S/C7H7O.3C4H9.Sn/c1-8-7-5-3-2-4-6-7;3*1-3-4-2;/h2-3,5-6H,1H3;3*1,3-4H2,2H3;. The molecule has 1 rings (SSSR count). The van der Waals surface area contributed by atoms with Gasteiger partial charge in [-0.3, -0.25) is 0 Å². The summed E-state index contributed by atoms with van der Waals surface area (Å²) in [6, 6.07) is 9.10. The molecule has 0 aliphatic carbocycles. The van der Waals surface area contributed by atoms with Crippen molar-refractivity contribution >= 4 is 22.0 Å². The molecule has 1 nitrogen and oxygen atoms in total. The summed E-state index contributed by atoms with van der Waals surface area (Å²) in [5.41, 5.74) is 0. The van der Waals surface area contributed by atoms with E-state index in [-0.39, 0.29) is 0 Å². The van der Waals surface area contributed by atoms with Crippen LogP contribution in [0.25, 0.3) is 0 Å². The average molecular weight is 397 g/mol. The van der Waals surface area contributed by atoms with Gasteiger partial charge in [-0.15, -0.1) is 0 Å². The molecule has 0 heterocycles. The molecule has 1 aromatic rings. The van der Waals surface area contributed by atoms with Crippen LogP contribution in [0.3, 0.4) is 0 Å². The topological polar surface area (TPSA) is 9.23 Å². The Morgan fingerprint density at radius 2 is 1.38 bits per heavy atom. The van der Waals surface area contributed by atoms with Crippen molar-refractivity contribution in [2.24, 2.45) is 0 Å². The van der Waals surface area contributed by atoms with Gasteiger partial charge in [0, 0.05) is 0 Å². The predicted molar refractivity (Wildman–Crippen MR) is 97.5 cm³/mol. The van der Waals surface area contributed by atoms with E-state index in [1.165, 1.54) is 51.8 Å². The second kappa shape index (κ2) is 10.5. The molecule has 0 aliphatic rings. The SMILES string of the molecule is CCC[CH2][Sn]([CH2]CCC)([CH2]CCC)[c]1cccc(OC)c1. The summed E-state index contributed by atoms with van der Waals surface area (Å²) in [5.74, 6) is 1.05. The Bertz CT molecular complexity index is 367. The first-order valence-electron chi connectivity index (χ1n) is 8.87. The number of hydrogen-bond donors (Lipinski definition) is 0. The van der Waals surface area contributed by atoms with E-state index in [0.29, 0.717) is 0 Å². The fraction of sp³-hybridized carbons (Fsp3) is 0.684. The van der Waals surface area contributed by atoms with Crippen LogP contribution >= 0.6 is 0 Å². The third-order valence-electron chi connectivity index (χ3n) is 4.71. The van der Waals surface area contributed by atoms with Crippen molar-refractivity contribution in [1.29, 1.82) is 0 Å². The zero-order chi connectivity index (χ0) is 15.6. The molecule has 2 heteroatoms. The molecule has 0 aliphatic heterocycles. The molecule has 0 radical (unpaired) electrons. The number of hydrogen-bond acceptors (Lipinski definition) is 1. The van der Waals surface area contributed by atoms with Gasteiger partial charge in [-0.05, 0) is 0 Å². The minimum absolute atomic E-state index is 1.05. The summed E-state index contributed by atoms with van der Waals surface area (Å²) in [4.78, 5) is 0. The van der Waals surface area contributed by atoms with Crippen molar-refractivity contribution in [1.82, 2.24) is 0 Å². The molecule has 1 aromatic carbocycles. The van der Waals surface area contributed by atoms with E-state index in [1.807, 2.05) is 0 Å². The first kappa shape index (κ1) is 18.9. The van der Waals surface area contributed by atoms with Crippen molar-refractivity contribution < 1.29 is 4.74 Å². The quantitative estimate of drug-likeness (QED) is 0.432. The molecule has 0 amide bonds. The van der Waals surface area contributed by atoms with Gasteiger partial charge in [-0.2, -0.15) is 0 Å². The van der Waals surface area contributed by atoms with Gasteiger partial charge >= 0.3 is 136 Å². The first-order chi connectivity index (χ1) is 10.2. The van der Waals surface area contributed by atoms with Crippen LogP contribution < -0.4 is 8.32 Å². The molecular formula is C19H34OSn. The van der Waals surface area contributed by atoms with Crippen LogP contribution in [-0.4, -0.2) is 25.5 Å². The van der Waals surface area contributed by atoms with Crippen LogP contribution in [0.5, 0.6) is 5.75 Å². The van der Waals surface area contributed by atoms with E-state index in [4.69, 9.17) is 4.74 Å². The third-order valence-corrected chi connectivity index (χ3v) is 20.3. The van der Waals surface area contributed by atoms with Crippen molar-refractivity contribution in [3.05, 3.63) is 24.3 Å². The number of rotatable bonds is 11. The van der Waals surface area contributed by atoms with Gasteiger partial charge in [-0.1, -0.05) is 0 Å². The average Bonchev–Trinajstić information content (AvgIpc) is 2.54. The van der Waals surface area contributed by atoms with Crippen molar-refractivity contribution in [3.8, 4) is 5.75 Å². The van der Waals surface area contributed by atoms with Gasteiger partial charge in [-0.25, -0.2) is 0 Å². The maximum atomic E-state index is 5.50. The molecule has 0 saturated heterocycles. The van der Waals surface area contributed by atoms with E-state index in [9.17, 15) is 0 Å². The van der Waals surface area contributed by atoms with Crippen LogP contribution in [0.1, 0.15) is 59.3 Å². The molecule has 21 heavy (non-hydrogen) atoms. The molecule has 0 bridgehead atoms. The second-order valence-corrected chi connectivity index (χ2v) is 19.6. The van der Waals surface area contributed by atoms with Gasteiger partial charge in [0.15, 0.2) is 0 Å². The maximum absolute atomic E-state index is 5.50. The second-order valence-electron chi connectivity index (χ2n) is 6.32. The molecule has 0 atom stereocenters. The zero-order valence-electron chi connectivity index (χ0n) is 14.6. The van der Waals surface area contributed by atoms with Crippen molar-refractivity contribution in [3.63, 3.8) is 0 Å². The summed E-state index contributed by atoms with van der Waals surface area (Å²) in [6.07, 6.45) is 8.25. The van der Waals surface area contributed by atoms with Crippen molar-refractivity contribution in [2.45, 2.75) is 72.6 Å². The van der Waals surface area contributed by atoms with Crippen LogP contribution in [0, 0.1) is 0 Å². The molecule has 0 spiro atoms. The van der Waals surface area contributed by atoms with E-state index in [2.05, 4.69) is 45.0 Å². The summed E-state index contributed by atoms with van der Waals surface area (Å²) < 4.78 is 11.8. The van der Waals surface area contributed by atoms with E-state index < -0.39 is 18.4 Å². The van der Waals surface area contributed by atoms with Gasteiger partial charge in [0.25, 0.3) is 0 Å². The molecule has 0 unspecified atom stereocenters. The molecular weight excluding hydrogens is 363 g/mol. The van der Waals surface area contributed by atoms with Gasteiger partial charge in [0.05, 0.1) is 0 Å². The first-order valence-corrected chi connectivity index (χ1v) is 16.3. The molecule has 0 fully saturated rings. The molecule has 120 valence electrons. The fourth-order valence-corrected chi connectivity index (χ4v) is 19.3. The van der Waals surface area contributed by atoms with Crippen LogP contribution in [-0.2, 0) is 0 Å². The summed E-state index contributed by atoms with van der Waals surface area (Å²) in [7, 11) is 1.79. The Labute approximate surface area is 136 Å². The van der Waals surface area contributed by atoms with Gasteiger partial charge in [0.1, 0.15) is 0 Å². The third kappa shape index (κ3) is 5.84. The Morgan fingerprint density at radius 3 is 1.81 bits per heavy atom. The van der Waals surface area contributed by atoms with Crippen LogP contribution in [0.4, 0.5) is 0 Å². The fourth-order valence-electron chi connectivity index (χ4n) is 3.31. The monoisotopic (exact) mass is 398 g/mol.